The van der Waals surface area contributed by atoms with Crippen molar-refractivity contribution in [2.24, 2.45) is 19.1 Å². The summed E-state index contributed by atoms with van der Waals surface area (Å²) in [7, 11) is 2.80. The molecule has 122 valence electrons. The Kier molecular flexibility index (Phi) is 5.08. The number of rotatable bonds is 3. The van der Waals surface area contributed by atoms with Crippen LogP contribution in [0.4, 0.5) is 5.69 Å². The highest BCUT2D eigenvalue weighted by Gasteiger charge is 2.19. The molecule has 0 radical (unpaired) electrons. The van der Waals surface area contributed by atoms with E-state index in [9.17, 15) is 14.7 Å². The van der Waals surface area contributed by atoms with E-state index in [0.717, 1.165) is 18.3 Å². The molecular weight excluding hydrogens is 409 g/mol. The Bertz CT molecular complexity index is 910. The van der Waals surface area contributed by atoms with E-state index in [0.29, 0.717) is 17.8 Å². The highest BCUT2D eigenvalue weighted by Crippen LogP contribution is 2.22. The minimum Gasteiger partial charge on any atom is -0.494 e. The Morgan fingerprint density at radius 2 is 1.91 bits per heavy atom. The lowest BCUT2D eigenvalue weighted by atomic mass is 10.1. The average Bonchev–Trinajstić information content (AvgIpc) is 2.53. The lowest BCUT2D eigenvalue weighted by Crippen LogP contribution is -2.40. The lowest BCUT2D eigenvalue weighted by molar-refractivity contribution is 0.410. The van der Waals surface area contributed by atoms with Crippen LogP contribution in [0.5, 0.6) is 5.88 Å². The molecular formula is C16H18IN3O3. The quantitative estimate of drug-likeness (QED) is 0.603. The number of aromatic nitrogens is 2. The van der Waals surface area contributed by atoms with E-state index in [2.05, 4.69) is 27.6 Å². The van der Waals surface area contributed by atoms with Gasteiger partial charge in [0, 0.05) is 17.7 Å². The van der Waals surface area contributed by atoms with Gasteiger partial charge in [0.2, 0.25) is 5.88 Å². The Morgan fingerprint density at radius 3 is 2.48 bits per heavy atom. The molecule has 0 bridgehead atoms. The third-order valence-electron chi connectivity index (χ3n) is 3.68. The molecule has 1 aromatic carbocycles. The van der Waals surface area contributed by atoms with Crippen molar-refractivity contribution in [2.45, 2.75) is 20.3 Å². The van der Waals surface area contributed by atoms with Gasteiger partial charge in [-0.3, -0.25) is 18.9 Å². The summed E-state index contributed by atoms with van der Waals surface area (Å²) >= 11 is 2.22. The smallest absolute Gasteiger partial charge is 0.333 e. The molecule has 2 rings (SSSR count). The molecule has 6 nitrogen and oxygen atoms in total. The van der Waals surface area contributed by atoms with Gasteiger partial charge in [-0.15, -0.1) is 0 Å². The SMILES string of the molecule is CCC(=Nc1ccc(C)c(I)c1)c1c(O)n(C)c(=O)n(C)c1=O. The number of aryl methyl sites for hydroxylation is 1. The predicted octanol–water partition coefficient (Wildman–Crippen LogP) is 2.23. The zero-order valence-electron chi connectivity index (χ0n) is 13.4. The summed E-state index contributed by atoms with van der Waals surface area (Å²) in [5.74, 6) is -0.361. The molecule has 1 heterocycles. The molecule has 7 heteroatoms. The summed E-state index contributed by atoms with van der Waals surface area (Å²) < 4.78 is 3.08. The molecule has 0 aliphatic carbocycles. The van der Waals surface area contributed by atoms with E-state index in [1.54, 1.807) is 0 Å². The van der Waals surface area contributed by atoms with Crippen molar-refractivity contribution >= 4 is 34.0 Å². The average molecular weight is 427 g/mol. The normalized spacial score (nSPS) is 11.8. The van der Waals surface area contributed by atoms with Gasteiger partial charge in [-0.05, 0) is 53.6 Å². The zero-order chi connectivity index (χ0) is 17.3. The standard InChI is InChI=1S/C16H18IN3O3/c1-5-12(18-10-7-6-9(2)11(17)8-10)13-14(21)19(3)16(23)20(4)15(13)22/h6-8,21H,5H2,1-4H3. The molecule has 0 saturated heterocycles. The van der Waals surface area contributed by atoms with Gasteiger partial charge in [-0.2, -0.15) is 0 Å². The molecule has 0 amide bonds. The van der Waals surface area contributed by atoms with Crippen LogP contribution in [0.2, 0.25) is 0 Å². The van der Waals surface area contributed by atoms with Crippen molar-refractivity contribution in [3.8, 4) is 5.88 Å². The third-order valence-corrected chi connectivity index (χ3v) is 4.84. The Balaban J connectivity index is 2.72. The van der Waals surface area contributed by atoms with Crippen molar-refractivity contribution in [1.29, 1.82) is 0 Å². The monoisotopic (exact) mass is 427 g/mol. The Labute approximate surface area is 147 Å². The largest absolute Gasteiger partial charge is 0.494 e. The zero-order valence-corrected chi connectivity index (χ0v) is 15.6. The fourth-order valence-electron chi connectivity index (χ4n) is 2.20. The second-order valence-corrected chi connectivity index (χ2v) is 6.41. The highest BCUT2D eigenvalue weighted by molar-refractivity contribution is 14.1. The maximum atomic E-state index is 12.4. The molecule has 0 fully saturated rings. The number of aliphatic imine (C=N–C) groups is 1. The molecule has 1 N–H and O–H groups in total. The van der Waals surface area contributed by atoms with E-state index in [1.807, 2.05) is 32.0 Å². The molecule has 0 unspecified atom stereocenters. The van der Waals surface area contributed by atoms with Gasteiger partial charge in [-0.1, -0.05) is 13.0 Å². The first-order chi connectivity index (χ1) is 10.8. The van der Waals surface area contributed by atoms with Crippen molar-refractivity contribution < 1.29 is 5.11 Å². The van der Waals surface area contributed by atoms with E-state index >= 15 is 0 Å². The van der Waals surface area contributed by atoms with E-state index in [1.165, 1.54) is 14.1 Å². The first-order valence-corrected chi connectivity index (χ1v) is 8.18. The number of benzene rings is 1. The van der Waals surface area contributed by atoms with Gasteiger partial charge in [0.05, 0.1) is 11.4 Å². The van der Waals surface area contributed by atoms with Gasteiger partial charge < -0.3 is 5.11 Å². The van der Waals surface area contributed by atoms with Gasteiger partial charge >= 0.3 is 5.69 Å². The number of hydrogen-bond acceptors (Lipinski definition) is 4. The minimum absolute atomic E-state index is 0.0627. The number of hydrogen-bond donors (Lipinski definition) is 1. The predicted molar refractivity (Wildman–Crippen MR) is 99.0 cm³/mol. The maximum Gasteiger partial charge on any atom is 0.333 e. The van der Waals surface area contributed by atoms with Crippen molar-refractivity contribution in [2.75, 3.05) is 0 Å². The molecule has 2 aromatic rings. The van der Waals surface area contributed by atoms with Gasteiger partial charge in [0.15, 0.2) is 0 Å². The van der Waals surface area contributed by atoms with Crippen LogP contribution in [0.3, 0.4) is 0 Å². The Morgan fingerprint density at radius 1 is 1.26 bits per heavy atom. The van der Waals surface area contributed by atoms with E-state index in [-0.39, 0.29) is 11.4 Å². The van der Waals surface area contributed by atoms with Crippen LogP contribution in [0.15, 0.2) is 32.8 Å². The van der Waals surface area contributed by atoms with E-state index < -0.39 is 11.2 Å². The summed E-state index contributed by atoms with van der Waals surface area (Å²) in [6, 6.07) is 5.72. The summed E-state index contributed by atoms with van der Waals surface area (Å²) in [4.78, 5) is 28.7. The minimum atomic E-state index is -0.573. The van der Waals surface area contributed by atoms with Crippen molar-refractivity contribution in [1.82, 2.24) is 9.13 Å². The van der Waals surface area contributed by atoms with Crippen LogP contribution >= 0.6 is 22.6 Å². The van der Waals surface area contributed by atoms with Gasteiger partial charge in [-0.25, -0.2) is 4.79 Å². The van der Waals surface area contributed by atoms with Crippen LogP contribution in [-0.4, -0.2) is 20.0 Å². The summed E-state index contributed by atoms with van der Waals surface area (Å²) in [5.41, 5.74) is 1.23. The van der Waals surface area contributed by atoms with Crippen LogP contribution in [-0.2, 0) is 14.1 Å². The summed E-state index contributed by atoms with van der Waals surface area (Å²) in [5, 5.41) is 10.2. The van der Waals surface area contributed by atoms with Crippen LogP contribution in [0.25, 0.3) is 0 Å². The third kappa shape index (κ3) is 3.24. The van der Waals surface area contributed by atoms with Crippen LogP contribution < -0.4 is 11.2 Å². The topological polar surface area (TPSA) is 76.6 Å². The molecule has 0 aliphatic rings. The molecule has 0 saturated carbocycles. The molecule has 0 spiro atoms. The van der Waals surface area contributed by atoms with Crippen LogP contribution in [0.1, 0.15) is 24.5 Å². The van der Waals surface area contributed by atoms with Gasteiger partial charge in [0.1, 0.15) is 5.56 Å². The van der Waals surface area contributed by atoms with Crippen LogP contribution in [0, 0.1) is 10.5 Å². The summed E-state index contributed by atoms with van der Waals surface area (Å²) in [6.45, 7) is 3.85. The maximum absolute atomic E-state index is 12.4. The fourth-order valence-corrected chi connectivity index (χ4v) is 2.70. The van der Waals surface area contributed by atoms with Gasteiger partial charge in [0.25, 0.3) is 5.56 Å². The second kappa shape index (κ2) is 6.69. The molecule has 0 aliphatic heterocycles. The van der Waals surface area contributed by atoms with Crippen molar-refractivity contribution in [3.05, 3.63) is 53.7 Å². The molecule has 0 atom stereocenters. The summed E-state index contributed by atoms with van der Waals surface area (Å²) in [6.07, 6.45) is 0.450. The lowest BCUT2D eigenvalue weighted by Gasteiger charge is -2.11. The number of nitrogens with zero attached hydrogens (tertiary/aromatic N) is 3. The van der Waals surface area contributed by atoms with Crippen molar-refractivity contribution in [3.63, 3.8) is 0 Å². The first kappa shape index (κ1) is 17.5. The highest BCUT2D eigenvalue weighted by atomic mass is 127. The Hall–Kier alpha value is -1.90. The first-order valence-electron chi connectivity index (χ1n) is 7.11. The number of halogens is 1. The second-order valence-electron chi connectivity index (χ2n) is 5.25. The molecule has 1 aromatic heterocycles. The number of aromatic hydroxyl groups is 1. The fraction of sp³-hybridized carbons (Fsp3) is 0.312. The van der Waals surface area contributed by atoms with E-state index in [4.69, 9.17) is 0 Å². The molecule has 23 heavy (non-hydrogen) atoms.